The molecule has 3 N–H and O–H groups in total. The van der Waals surface area contributed by atoms with E-state index in [-0.39, 0.29) is 17.1 Å². The molecule has 0 aromatic heterocycles. The van der Waals surface area contributed by atoms with E-state index in [1.807, 2.05) is 13.0 Å². The average Bonchev–Trinajstić information content (AvgIpc) is 2.33. The summed E-state index contributed by atoms with van der Waals surface area (Å²) < 4.78 is 0.867. The molecule has 98 valence electrons. The highest BCUT2D eigenvalue weighted by atomic mass is 79.9. The molecule has 0 spiro atoms. The molecule has 4 nitrogen and oxygen atoms in total. The fourth-order valence-electron chi connectivity index (χ4n) is 1.63. The van der Waals surface area contributed by atoms with Gasteiger partial charge in [-0.25, -0.2) is 0 Å². The van der Waals surface area contributed by atoms with Crippen molar-refractivity contribution in [1.29, 1.82) is 0 Å². The van der Waals surface area contributed by atoms with Gasteiger partial charge in [0.25, 0.3) is 5.91 Å². The van der Waals surface area contributed by atoms with Crippen LogP contribution in [0.1, 0.15) is 15.9 Å². The summed E-state index contributed by atoms with van der Waals surface area (Å²) in [5.41, 5.74) is 1.48. The van der Waals surface area contributed by atoms with Crippen molar-refractivity contribution in [2.45, 2.75) is 6.92 Å². The maximum Gasteiger partial charge on any atom is 0.263 e. The molecule has 0 saturated carbocycles. The molecule has 5 heteroatoms. The van der Waals surface area contributed by atoms with Gasteiger partial charge in [0.2, 0.25) is 0 Å². The number of aromatic hydroxyl groups is 2. The Hall–Kier alpha value is -2.01. The third-order valence-corrected chi connectivity index (χ3v) is 3.53. The molecular formula is C14H12BrNO3. The minimum Gasteiger partial charge on any atom is -0.507 e. The lowest BCUT2D eigenvalue weighted by atomic mass is 10.1. The monoisotopic (exact) mass is 321 g/mol. The van der Waals surface area contributed by atoms with Crippen LogP contribution in [0.5, 0.6) is 11.5 Å². The smallest absolute Gasteiger partial charge is 0.263 e. The van der Waals surface area contributed by atoms with E-state index >= 15 is 0 Å². The van der Waals surface area contributed by atoms with Gasteiger partial charge in [-0.2, -0.15) is 0 Å². The topological polar surface area (TPSA) is 69.6 Å². The number of phenolic OH excluding ortho intramolecular Hbond substituents is 2. The number of hydrogen-bond donors (Lipinski definition) is 3. The Bertz CT molecular complexity index is 620. The lowest BCUT2D eigenvalue weighted by Crippen LogP contribution is -2.12. The number of hydrogen-bond acceptors (Lipinski definition) is 3. The zero-order chi connectivity index (χ0) is 14.0. The zero-order valence-corrected chi connectivity index (χ0v) is 11.7. The van der Waals surface area contributed by atoms with Gasteiger partial charge in [0.1, 0.15) is 17.1 Å². The number of phenols is 2. The third-order valence-electron chi connectivity index (χ3n) is 2.68. The van der Waals surface area contributed by atoms with E-state index in [0.29, 0.717) is 5.69 Å². The van der Waals surface area contributed by atoms with Crippen molar-refractivity contribution in [2.24, 2.45) is 0 Å². The Morgan fingerprint density at radius 2 is 1.79 bits per heavy atom. The summed E-state index contributed by atoms with van der Waals surface area (Å²) in [6, 6.07) is 9.51. The Labute approximate surface area is 118 Å². The van der Waals surface area contributed by atoms with E-state index in [2.05, 4.69) is 21.2 Å². The van der Waals surface area contributed by atoms with E-state index in [0.717, 1.165) is 10.0 Å². The number of rotatable bonds is 2. The molecule has 0 radical (unpaired) electrons. The Kier molecular flexibility index (Phi) is 3.76. The number of carbonyl (C=O) groups is 1. The van der Waals surface area contributed by atoms with E-state index in [1.54, 1.807) is 12.1 Å². The first-order chi connectivity index (χ1) is 8.99. The molecule has 0 saturated heterocycles. The number of benzene rings is 2. The summed E-state index contributed by atoms with van der Waals surface area (Å²) in [6.45, 7) is 1.94. The molecule has 2 aromatic carbocycles. The molecule has 0 bridgehead atoms. The Morgan fingerprint density at radius 3 is 2.37 bits per heavy atom. The van der Waals surface area contributed by atoms with E-state index in [1.165, 1.54) is 18.2 Å². The van der Waals surface area contributed by atoms with Gasteiger partial charge in [-0.3, -0.25) is 4.79 Å². The highest BCUT2D eigenvalue weighted by molar-refractivity contribution is 9.10. The first-order valence-electron chi connectivity index (χ1n) is 5.57. The molecule has 1 amide bonds. The number of halogens is 1. The average molecular weight is 322 g/mol. The molecule has 2 aromatic rings. The zero-order valence-electron chi connectivity index (χ0n) is 10.1. The van der Waals surface area contributed by atoms with Gasteiger partial charge < -0.3 is 15.5 Å². The molecule has 0 aliphatic rings. The van der Waals surface area contributed by atoms with E-state index < -0.39 is 5.91 Å². The van der Waals surface area contributed by atoms with Crippen LogP contribution in [0.3, 0.4) is 0 Å². The van der Waals surface area contributed by atoms with Crippen molar-refractivity contribution in [3.05, 3.63) is 52.0 Å². The number of amides is 1. The molecule has 0 heterocycles. The summed E-state index contributed by atoms with van der Waals surface area (Å²) in [7, 11) is 0. The van der Waals surface area contributed by atoms with Gasteiger partial charge in [0.15, 0.2) is 0 Å². The normalized spacial score (nSPS) is 10.2. The number of aryl methyl sites for hydroxylation is 1. The van der Waals surface area contributed by atoms with Gasteiger partial charge in [0, 0.05) is 10.2 Å². The van der Waals surface area contributed by atoms with Crippen molar-refractivity contribution in [1.82, 2.24) is 0 Å². The predicted octanol–water partition coefficient (Wildman–Crippen LogP) is 3.42. The quantitative estimate of drug-likeness (QED) is 0.793. The van der Waals surface area contributed by atoms with Crippen LogP contribution >= 0.6 is 15.9 Å². The molecular weight excluding hydrogens is 310 g/mol. The standard InChI is InChI=1S/C14H12BrNO3/c1-8-5-6-9(7-10(8)15)16-14(19)13-11(17)3-2-4-12(13)18/h2-7,17-18H,1H3,(H,16,19). The lowest BCUT2D eigenvalue weighted by Gasteiger charge is -2.09. The van der Waals surface area contributed by atoms with Crippen LogP contribution < -0.4 is 5.32 Å². The highest BCUT2D eigenvalue weighted by Crippen LogP contribution is 2.28. The SMILES string of the molecule is Cc1ccc(NC(=O)c2c(O)cccc2O)cc1Br. The van der Waals surface area contributed by atoms with Gasteiger partial charge in [-0.15, -0.1) is 0 Å². The van der Waals surface area contributed by atoms with Gasteiger partial charge in [-0.05, 0) is 36.8 Å². The first kappa shape index (κ1) is 13.4. The Morgan fingerprint density at radius 1 is 1.16 bits per heavy atom. The van der Waals surface area contributed by atoms with Crippen LogP contribution in [-0.4, -0.2) is 16.1 Å². The predicted molar refractivity (Wildman–Crippen MR) is 76.6 cm³/mol. The molecule has 0 fully saturated rings. The van der Waals surface area contributed by atoms with Crippen molar-refractivity contribution < 1.29 is 15.0 Å². The Balaban J connectivity index is 2.28. The van der Waals surface area contributed by atoms with Gasteiger partial charge >= 0.3 is 0 Å². The molecule has 19 heavy (non-hydrogen) atoms. The fourth-order valence-corrected chi connectivity index (χ4v) is 2.00. The summed E-state index contributed by atoms with van der Waals surface area (Å²) in [5.74, 6) is -1.08. The van der Waals surface area contributed by atoms with E-state index in [4.69, 9.17) is 0 Å². The largest absolute Gasteiger partial charge is 0.507 e. The molecule has 2 rings (SSSR count). The van der Waals surface area contributed by atoms with Crippen LogP contribution in [0, 0.1) is 6.92 Å². The maximum absolute atomic E-state index is 12.0. The first-order valence-corrected chi connectivity index (χ1v) is 6.37. The molecule has 0 atom stereocenters. The molecule has 0 aliphatic carbocycles. The van der Waals surface area contributed by atoms with Crippen LogP contribution in [0.2, 0.25) is 0 Å². The van der Waals surface area contributed by atoms with Crippen LogP contribution in [0.15, 0.2) is 40.9 Å². The lowest BCUT2D eigenvalue weighted by molar-refractivity contribution is 0.102. The second-order valence-electron chi connectivity index (χ2n) is 4.09. The van der Waals surface area contributed by atoms with Crippen LogP contribution in [0.4, 0.5) is 5.69 Å². The molecule has 0 aliphatic heterocycles. The fraction of sp³-hybridized carbons (Fsp3) is 0.0714. The summed E-state index contributed by atoms with van der Waals surface area (Å²) >= 11 is 3.37. The second-order valence-corrected chi connectivity index (χ2v) is 4.94. The van der Waals surface area contributed by atoms with Crippen molar-refractivity contribution in [3.63, 3.8) is 0 Å². The van der Waals surface area contributed by atoms with Crippen molar-refractivity contribution in [2.75, 3.05) is 5.32 Å². The van der Waals surface area contributed by atoms with Crippen molar-refractivity contribution in [3.8, 4) is 11.5 Å². The minimum absolute atomic E-state index is 0.140. The highest BCUT2D eigenvalue weighted by Gasteiger charge is 2.16. The van der Waals surface area contributed by atoms with Gasteiger partial charge in [-0.1, -0.05) is 28.1 Å². The summed E-state index contributed by atoms with van der Waals surface area (Å²) in [4.78, 5) is 12.0. The minimum atomic E-state index is -0.564. The third kappa shape index (κ3) is 2.88. The van der Waals surface area contributed by atoms with Crippen LogP contribution in [0.25, 0.3) is 0 Å². The number of anilines is 1. The van der Waals surface area contributed by atoms with E-state index in [9.17, 15) is 15.0 Å². The second kappa shape index (κ2) is 5.32. The van der Waals surface area contributed by atoms with Crippen LogP contribution in [-0.2, 0) is 0 Å². The maximum atomic E-state index is 12.0. The summed E-state index contributed by atoms with van der Waals surface area (Å²) in [5, 5.41) is 21.8. The number of nitrogens with one attached hydrogen (secondary N) is 1. The number of carbonyl (C=O) groups excluding carboxylic acids is 1. The van der Waals surface area contributed by atoms with Gasteiger partial charge in [0.05, 0.1) is 0 Å². The van der Waals surface area contributed by atoms with Crippen molar-refractivity contribution >= 4 is 27.5 Å². The summed E-state index contributed by atoms with van der Waals surface area (Å²) in [6.07, 6.45) is 0. The molecule has 0 unspecified atom stereocenters.